The minimum atomic E-state index is -1.21. The van der Waals surface area contributed by atoms with Crippen LogP contribution in [-0.2, 0) is 42.8 Å². The van der Waals surface area contributed by atoms with E-state index < -0.39 is 60.2 Å². The van der Waals surface area contributed by atoms with Crippen molar-refractivity contribution in [3.63, 3.8) is 0 Å². The molecule has 0 bridgehead atoms. The van der Waals surface area contributed by atoms with Crippen molar-refractivity contribution in [3.05, 3.63) is 12.7 Å². The topological polar surface area (TPSA) is 136 Å². The Morgan fingerprint density at radius 2 is 1.61 bits per heavy atom. The van der Waals surface area contributed by atoms with Gasteiger partial charge in [-0.15, -0.1) is 6.58 Å². The minimum Gasteiger partial charge on any atom is -0.463 e. The van der Waals surface area contributed by atoms with E-state index >= 15 is 0 Å². The Labute approximate surface area is 194 Å². The van der Waals surface area contributed by atoms with E-state index in [1.165, 1.54) is 20.8 Å². The number of allylic oxidation sites excluding steroid dienone is 1. The molecule has 1 heterocycles. The second-order valence-electron chi connectivity index (χ2n) is 8.47. The molecule has 0 aromatic heterocycles. The van der Waals surface area contributed by atoms with E-state index in [2.05, 4.69) is 11.9 Å². The van der Waals surface area contributed by atoms with Crippen LogP contribution >= 0.6 is 0 Å². The summed E-state index contributed by atoms with van der Waals surface area (Å²) in [7, 11) is 0. The van der Waals surface area contributed by atoms with Gasteiger partial charge in [0, 0.05) is 20.8 Å². The number of carbonyl (C=O) groups excluding carboxylic acids is 4. The van der Waals surface area contributed by atoms with E-state index in [-0.39, 0.29) is 13.2 Å². The molecule has 0 aliphatic carbocycles. The molecule has 1 aliphatic rings. The molecule has 1 saturated heterocycles. The van der Waals surface area contributed by atoms with Gasteiger partial charge in [0.25, 0.3) is 0 Å². The number of hydrogen-bond donors (Lipinski definition) is 1. The maximum absolute atomic E-state index is 12.5. The highest BCUT2D eigenvalue weighted by atomic mass is 16.7. The minimum absolute atomic E-state index is 0.231. The number of alkyl carbamates (subject to hydrolysis) is 1. The predicted octanol–water partition coefficient (Wildman–Crippen LogP) is 2.01. The third kappa shape index (κ3) is 10.7. The van der Waals surface area contributed by atoms with Crippen LogP contribution in [0, 0.1) is 0 Å². The van der Waals surface area contributed by atoms with Crippen LogP contribution < -0.4 is 5.32 Å². The van der Waals surface area contributed by atoms with Crippen molar-refractivity contribution in [2.24, 2.45) is 0 Å². The van der Waals surface area contributed by atoms with Crippen LogP contribution in [0.5, 0.6) is 0 Å². The van der Waals surface area contributed by atoms with Crippen molar-refractivity contribution in [2.75, 3.05) is 13.2 Å². The summed E-state index contributed by atoms with van der Waals surface area (Å²) in [4.78, 5) is 47.6. The Kier molecular flexibility index (Phi) is 11.3. The average molecular weight is 474 g/mol. The summed E-state index contributed by atoms with van der Waals surface area (Å²) in [6.45, 7) is 12.2. The molecular formula is C22H35NO10. The molecule has 0 unspecified atom stereocenters. The molecule has 1 aliphatic heterocycles. The van der Waals surface area contributed by atoms with Gasteiger partial charge >= 0.3 is 24.0 Å². The number of rotatable bonds is 10. The molecule has 0 aromatic rings. The first-order valence-electron chi connectivity index (χ1n) is 10.7. The standard InChI is InChI=1S/C22H35NO10/c1-8-9-10-11-28-20-17(23-21(27)33-22(5,6)7)19(31-15(4)26)18(30-14(3)25)16(32-20)12-29-13(2)24/h8,16-20H,1,9-12H2,2-7H3,(H,23,27)/t16-,17-,18-,19-,20-/m0/s1. The van der Waals surface area contributed by atoms with Crippen LogP contribution in [0.3, 0.4) is 0 Å². The molecular weight excluding hydrogens is 438 g/mol. The fraction of sp³-hybridized carbons (Fsp3) is 0.727. The van der Waals surface area contributed by atoms with Gasteiger partial charge in [-0.05, 0) is 33.6 Å². The van der Waals surface area contributed by atoms with Crippen molar-refractivity contribution in [1.82, 2.24) is 5.32 Å². The first kappa shape index (κ1) is 28.4. The fourth-order valence-corrected chi connectivity index (χ4v) is 3.07. The largest absolute Gasteiger partial charge is 0.463 e. The van der Waals surface area contributed by atoms with Gasteiger partial charge in [0.2, 0.25) is 0 Å². The summed E-state index contributed by atoms with van der Waals surface area (Å²) in [5.74, 6) is -1.96. The van der Waals surface area contributed by atoms with Gasteiger partial charge in [-0.1, -0.05) is 6.08 Å². The maximum atomic E-state index is 12.5. The lowest BCUT2D eigenvalue weighted by Gasteiger charge is -2.45. The molecule has 0 aromatic carbocycles. The lowest BCUT2D eigenvalue weighted by molar-refractivity contribution is -0.277. The van der Waals surface area contributed by atoms with Crippen LogP contribution in [0.1, 0.15) is 54.4 Å². The average Bonchev–Trinajstić information content (AvgIpc) is 2.65. The summed E-state index contributed by atoms with van der Waals surface area (Å²) in [6, 6.07) is -1.09. The molecule has 0 saturated carbocycles. The SMILES string of the molecule is C=CCCCO[C@H]1O[C@@H](COC(C)=O)[C@H](OC(C)=O)[C@@H](OC(C)=O)[C@@H]1NC(=O)OC(C)(C)C. The quantitative estimate of drug-likeness (QED) is 0.217. The molecule has 0 radical (unpaired) electrons. The van der Waals surface area contributed by atoms with Gasteiger partial charge < -0.3 is 33.7 Å². The third-order valence-corrected chi connectivity index (χ3v) is 4.22. The Bertz CT molecular complexity index is 702. The van der Waals surface area contributed by atoms with Gasteiger partial charge in [0.1, 0.15) is 24.4 Å². The van der Waals surface area contributed by atoms with Crippen LogP contribution in [0.2, 0.25) is 0 Å². The van der Waals surface area contributed by atoms with Crippen molar-refractivity contribution in [1.29, 1.82) is 0 Å². The molecule has 11 heteroatoms. The lowest BCUT2D eigenvalue weighted by atomic mass is 9.96. The van der Waals surface area contributed by atoms with Gasteiger partial charge in [0.05, 0.1) is 6.61 Å². The van der Waals surface area contributed by atoms with Gasteiger partial charge in [-0.25, -0.2) is 4.79 Å². The molecule has 188 valence electrons. The van der Waals surface area contributed by atoms with Crippen molar-refractivity contribution in [2.45, 2.75) is 90.6 Å². The summed E-state index contributed by atoms with van der Waals surface area (Å²) in [6.07, 6.45) is -2.35. The number of nitrogens with one attached hydrogen (secondary N) is 1. The van der Waals surface area contributed by atoms with E-state index in [0.29, 0.717) is 12.8 Å². The number of carbonyl (C=O) groups is 4. The van der Waals surface area contributed by atoms with E-state index in [4.69, 9.17) is 28.4 Å². The second kappa shape index (κ2) is 13.1. The zero-order valence-corrected chi connectivity index (χ0v) is 20.1. The second-order valence-corrected chi connectivity index (χ2v) is 8.47. The molecule has 1 rings (SSSR count). The van der Waals surface area contributed by atoms with Crippen molar-refractivity contribution < 1.29 is 47.6 Å². The first-order chi connectivity index (χ1) is 15.3. The van der Waals surface area contributed by atoms with E-state index in [1.54, 1.807) is 26.8 Å². The monoisotopic (exact) mass is 473 g/mol. The number of ether oxygens (including phenoxy) is 6. The Morgan fingerprint density at radius 3 is 2.12 bits per heavy atom. The number of unbranched alkanes of at least 4 members (excludes halogenated alkanes) is 1. The highest BCUT2D eigenvalue weighted by molar-refractivity contribution is 5.70. The molecule has 11 nitrogen and oxygen atoms in total. The Balaban J connectivity index is 3.29. The van der Waals surface area contributed by atoms with E-state index in [0.717, 1.165) is 0 Å². The van der Waals surface area contributed by atoms with Crippen LogP contribution in [0.15, 0.2) is 12.7 Å². The lowest BCUT2D eigenvalue weighted by Crippen LogP contribution is -2.67. The first-order valence-corrected chi connectivity index (χ1v) is 10.7. The molecule has 5 atom stereocenters. The highest BCUT2D eigenvalue weighted by Gasteiger charge is 2.51. The Hall–Kier alpha value is -2.66. The highest BCUT2D eigenvalue weighted by Crippen LogP contribution is 2.28. The smallest absolute Gasteiger partial charge is 0.408 e. The Morgan fingerprint density at radius 1 is 1.00 bits per heavy atom. The molecule has 0 spiro atoms. The van der Waals surface area contributed by atoms with Crippen molar-refractivity contribution in [3.8, 4) is 0 Å². The number of hydrogen-bond acceptors (Lipinski definition) is 10. The van der Waals surface area contributed by atoms with Gasteiger partial charge in [-0.3, -0.25) is 14.4 Å². The summed E-state index contributed by atoms with van der Waals surface area (Å²) in [5.41, 5.74) is -0.802. The molecule has 1 amide bonds. The van der Waals surface area contributed by atoms with Crippen molar-refractivity contribution >= 4 is 24.0 Å². The summed E-state index contributed by atoms with van der Waals surface area (Å²) < 4.78 is 32.9. The molecule has 33 heavy (non-hydrogen) atoms. The zero-order valence-electron chi connectivity index (χ0n) is 20.1. The van der Waals surface area contributed by atoms with Crippen LogP contribution in [0.4, 0.5) is 4.79 Å². The van der Waals surface area contributed by atoms with Gasteiger partial charge in [0.15, 0.2) is 18.5 Å². The number of amides is 1. The van der Waals surface area contributed by atoms with E-state index in [1.807, 2.05) is 0 Å². The molecule has 1 fully saturated rings. The van der Waals surface area contributed by atoms with Crippen LogP contribution in [0.25, 0.3) is 0 Å². The number of esters is 3. The predicted molar refractivity (Wildman–Crippen MR) is 115 cm³/mol. The normalized spacial score (nSPS) is 24.8. The zero-order chi connectivity index (χ0) is 25.2. The summed E-state index contributed by atoms with van der Waals surface area (Å²) >= 11 is 0. The van der Waals surface area contributed by atoms with Gasteiger partial charge in [-0.2, -0.15) is 0 Å². The summed E-state index contributed by atoms with van der Waals surface area (Å²) in [5, 5.41) is 2.60. The van der Waals surface area contributed by atoms with Crippen LogP contribution in [-0.4, -0.2) is 73.5 Å². The maximum Gasteiger partial charge on any atom is 0.408 e. The molecule has 1 N–H and O–H groups in total. The fourth-order valence-electron chi connectivity index (χ4n) is 3.07. The van der Waals surface area contributed by atoms with E-state index in [9.17, 15) is 19.2 Å². The third-order valence-electron chi connectivity index (χ3n) is 4.22.